The van der Waals surface area contributed by atoms with Crippen molar-refractivity contribution in [2.75, 3.05) is 20.2 Å². The van der Waals surface area contributed by atoms with Gasteiger partial charge in [0.2, 0.25) is 5.91 Å². The zero-order valence-electron chi connectivity index (χ0n) is 18.2. The van der Waals surface area contributed by atoms with E-state index in [9.17, 15) is 9.59 Å². The largest absolute Gasteiger partial charge is 0.483 e. The van der Waals surface area contributed by atoms with Gasteiger partial charge < -0.3 is 15.0 Å². The minimum absolute atomic E-state index is 0.123. The molecule has 0 aromatic heterocycles. The zero-order valence-corrected chi connectivity index (χ0v) is 19.7. The number of likely N-dealkylation sites (N-methyl/N-ethyl adjacent to an activating group) is 1. The fourth-order valence-electron chi connectivity index (χ4n) is 3.28. The van der Waals surface area contributed by atoms with Gasteiger partial charge in [0.1, 0.15) is 11.8 Å². The fraction of sp³-hybridized carbons (Fsp3) is 0.417. The summed E-state index contributed by atoms with van der Waals surface area (Å²) in [6.07, 6.45) is 1.21. The number of carbonyl (C=O) groups excluding carboxylic acids is 2. The van der Waals surface area contributed by atoms with Crippen LogP contribution in [0.2, 0.25) is 0 Å². The van der Waals surface area contributed by atoms with E-state index in [0.29, 0.717) is 31.1 Å². The van der Waals surface area contributed by atoms with Crippen molar-refractivity contribution in [1.29, 1.82) is 0 Å². The Kier molecular flexibility index (Phi) is 9.37. The second-order valence-electron chi connectivity index (χ2n) is 7.49. The van der Waals surface area contributed by atoms with E-state index in [1.165, 1.54) is 5.56 Å². The average Bonchev–Trinajstić information content (AvgIpc) is 2.75. The summed E-state index contributed by atoms with van der Waals surface area (Å²) in [6, 6.07) is 15.3. The molecule has 0 bridgehead atoms. The predicted octanol–water partition coefficient (Wildman–Crippen LogP) is 4.55. The van der Waals surface area contributed by atoms with Gasteiger partial charge in [0.15, 0.2) is 6.61 Å². The van der Waals surface area contributed by atoms with Crippen LogP contribution in [0, 0.1) is 0 Å². The summed E-state index contributed by atoms with van der Waals surface area (Å²) in [6.45, 7) is 6.48. The lowest BCUT2D eigenvalue weighted by molar-refractivity contribution is -0.142. The summed E-state index contributed by atoms with van der Waals surface area (Å²) in [4.78, 5) is 27.1. The van der Waals surface area contributed by atoms with Crippen molar-refractivity contribution in [2.45, 2.75) is 45.6 Å². The predicted molar refractivity (Wildman–Crippen MR) is 124 cm³/mol. The van der Waals surface area contributed by atoms with E-state index < -0.39 is 6.04 Å². The maximum absolute atomic E-state index is 13.1. The van der Waals surface area contributed by atoms with Gasteiger partial charge in [0, 0.05) is 13.6 Å². The van der Waals surface area contributed by atoms with Gasteiger partial charge in [-0.2, -0.15) is 0 Å². The molecule has 2 amide bonds. The first kappa shape index (κ1) is 23.9. The quantitative estimate of drug-likeness (QED) is 0.549. The molecule has 1 atom stereocenters. The van der Waals surface area contributed by atoms with Gasteiger partial charge in [-0.25, -0.2) is 0 Å². The van der Waals surface area contributed by atoms with Crippen LogP contribution in [0.25, 0.3) is 0 Å². The Morgan fingerprint density at radius 1 is 1.13 bits per heavy atom. The van der Waals surface area contributed by atoms with Crippen molar-refractivity contribution in [3.8, 4) is 5.75 Å². The number of halogens is 1. The lowest BCUT2D eigenvalue weighted by atomic mass is 10.0. The number of nitrogens with one attached hydrogen (secondary N) is 1. The SMILES string of the molecule is CCC(C(=O)NC)N(CCc1ccccc1)C(=O)COc1ccc(C(C)C)cc1Br. The normalized spacial score (nSPS) is 11.8. The average molecular weight is 475 g/mol. The number of rotatable bonds is 10. The standard InChI is InChI=1S/C24H31BrN2O3/c1-5-21(24(29)26-4)27(14-13-18-9-7-6-8-10-18)23(28)16-30-22-12-11-19(17(2)3)15-20(22)25/h6-12,15,17,21H,5,13-14,16H2,1-4H3,(H,26,29). The highest BCUT2D eigenvalue weighted by molar-refractivity contribution is 9.10. The summed E-state index contributed by atoms with van der Waals surface area (Å²) in [5.41, 5.74) is 2.31. The van der Waals surface area contributed by atoms with Crippen molar-refractivity contribution in [3.05, 3.63) is 64.1 Å². The molecule has 162 valence electrons. The first-order chi connectivity index (χ1) is 14.4. The highest BCUT2D eigenvalue weighted by Crippen LogP contribution is 2.29. The van der Waals surface area contributed by atoms with E-state index in [-0.39, 0.29) is 18.4 Å². The molecule has 0 saturated carbocycles. The molecule has 0 radical (unpaired) electrons. The van der Waals surface area contributed by atoms with Gasteiger partial charge >= 0.3 is 0 Å². The molecule has 5 nitrogen and oxygen atoms in total. The van der Waals surface area contributed by atoms with E-state index in [4.69, 9.17) is 4.74 Å². The van der Waals surface area contributed by atoms with E-state index in [2.05, 4.69) is 35.1 Å². The van der Waals surface area contributed by atoms with Gasteiger partial charge in [-0.05, 0) is 57.9 Å². The van der Waals surface area contributed by atoms with Crippen LogP contribution in [0.1, 0.15) is 44.2 Å². The fourth-order valence-corrected chi connectivity index (χ4v) is 3.79. The molecule has 1 N–H and O–H groups in total. The van der Waals surface area contributed by atoms with Crippen molar-refractivity contribution in [2.24, 2.45) is 0 Å². The smallest absolute Gasteiger partial charge is 0.261 e. The third-order valence-corrected chi connectivity index (χ3v) is 5.71. The second-order valence-corrected chi connectivity index (χ2v) is 8.35. The van der Waals surface area contributed by atoms with Crippen LogP contribution in [0.4, 0.5) is 0 Å². The number of hydrogen-bond acceptors (Lipinski definition) is 3. The van der Waals surface area contributed by atoms with Crippen molar-refractivity contribution in [1.82, 2.24) is 10.2 Å². The van der Waals surface area contributed by atoms with Crippen molar-refractivity contribution >= 4 is 27.7 Å². The maximum Gasteiger partial charge on any atom is 0.261 e. The third kappa shape index (κ3) is 6.59. The summed E-state index contributed by atoms with van der Waals surface area (Å²) in [5, 5.41) is 2.67. The molecule has 0 spiro atoms. The molecule has 6 heteroatoms. The number of amides is 2. The molecular formula is C24H31BrN2O3. The molecule has 30 heavy (non-hydrogen) atoms. The summed E-state index contributed by atoms with van der Waals surface area (Å²) < 4.78 is 6.62. The molecule has 0 heterocycles. The van der Waals surface area contributed by atoms with Crippen LogP contribution in [0.15, 0.2) is 53.0 Å². The van der Waals surface area contributed by atoms with Crippen molar-refractivity contribution in [3.63, 3.8) is 0 Å². The molecular weight excluding hydrogens is 444 g/mol. The molecule has 0 aliphatic carbocycles. The first-order valence-corrected chi connectivity index (χ1v) is 11.1. The van der Waals surface area contributed by atoms with Gasteiger partial charge in [-0.1, -0.05) is 57.2 Å². The highest BCUT2D eigenvalue weighted by Gasteiger charge is 2.28. The van der Waals surface area contributed by atoms with Crippen molar-refractivity contribution < 1.29 is 14.3 Å². The van der Waals surface area contributed by atoms with Crippen LogP contribution in [-0.4, -0.2) is 43.0 Å². The minimum Gasteiger partial charge on any atom is -0.483 e. The Morgan fingerprint density at radius 3 is 2.40 bits per heavy atom. The number of benzene rings is 2. The summed E-state index contributed by atoms with van der Waals surface area (Å²) in [7, 11) is 1.59. The Bertz CT molecular complexity index is 840. The van der Waals surface area contributed by atoms with Gasteiger partial charge in [0.05, 0.1) is 4.47 Å². The second kappa shape index (κ2) is 11.7. The van der Waals surface area contributed by atoms with E-state index in [1.807, 2.05) is 55.5 Å². The van der Waals surface area contributed by atoms with E-state index in [0.717, 1.165) is 10.0 Å². The van der Waals surface area contributed by atoms with Crippen LogP contribution in [-0.2, 0) is 16.0 Å². The van der Waals surface area contributed by atoms with Crippen LogP contribution in [0.5, 0.6) is 5.75 Å². The van der Waals surface area contributed by atoms with Crippen LogP contribution >= 0.6 is 15.9 Å². The summed E-state index contributed by atoms with van der Waals surface area (Å²) in [5.74, 6) is 0.648. The first-order valence-electron chi connectivity index (χ1n) is 10.3. The summed E-state index contributed by atoms with van der Waals surface area (Å²) >= 11 is 3.53. The monoisotopic (exact) mass is 474 g/mol. The highest BCUT2D eigenvalue weighted by atomic mass is 79.9. The topological polar surface area (TPSA) is 58.6 Å². The Labute approximate surface area is 187 Å². The molecule has 1 unspecified atom stereocenters. The van der Waals surface area contributed by atoms with Crippen LogP contribution < -0.4 is 10.1 Å². The Hall–Kier alpha value is -2.34. The maximum atomic E-state index is 13.1. The molecule has 0 fully saturated rings. The molecule has 0 aliphatic heterocycles. The minimum atomic E-state index is -0.526. The van der Waals surface area contributed by atoms with Gasteiger partial charge in [0.25, 0.3) is 5.91 Å². The lowest BCUT2D eigenvalue weighted by Gasteiger charge is -2.30. The van der Waals surface area contributed by atoms with E-state index >= 15 is 0 Å². The van der Waals surface area contributed by atoms with Gasteiger partial charge in [-0.3, -0.25) is 9.59 Å². The third-order valence-electron chi connectivity index (χ3n) is 5.09. The van der Waals surface area contributed by atoms with E-state index in [1.54, 1.807) is 11.9 Å². The number of hydrogen-bond donors (Lipinski definition) is 1. The van der Waals surface area contributed by atoms with Crippen LogP contribution in [0.3, 0.4) is 0 Å². The Morgan fingerprint density at radius 2 is 1.83 bits per heavy atom. The number of ether oxygens (including phenoxy) is 1. The number of carbonyl (C=O) groups is 2. The molecule has 0 saturated heterocycles. The molecule has 0 aliphatic rings. The number of nitrogens with zero attached hydrogens (tertiary/aromatic N) is 1. The molecule has 2 rings (SSSR count). The zero-order chi connectivity index (χ0) is 22.1. The Balaban J connectivity index is 2.12. The van der Waals surface area contributed by atoms with Gasteiger partial charge in [-0.15, -0.1) is 0 Å². The molecule has 2 aromatic rings. The lowest BCUT2D eigenvalue weighted by Crippen LogP contribution is -2.50. The molecule has 2 aromatic carbocycles.